The summed E-state index contributed by atoms with van der Waals surface area (Å²) in [5.41, 5.74) is 4.09. The number of fused-ring (bicyclic) bond motifs is 3. The molecule has 0 bridgehead atoms. The summed E-state index contributed by atoms with van der Waals surface area (Å²) in [6, 6.07) is 20.2. The summed E-state index contributed by atoms with van der Waals surface area (Å²) < 4.78 is 2.54. The maximum atomic E-state index is 2.54. The minimum Gasteiger partial charge on any atom is -0.340 e. The molecule has 0 saturated heterocycles. The van der Waals surface area contributed by atoms with E-state index < -0.39 is 0 Å². The van der Waals surface area contributed by atoms with Gasteiger partial charge < -0.3 is 4.57 Å². The Labute approximate surface area is 160 Å². The quantitative estimate of drug-likeness (QED) is 0.281. The molecule has 0 aliphatic rings. The summed E-state index contributed by atoms with van der Waals surface area (Å²) in [7, 11) is 0. The Bertz CT molecular complexity index is 978. The average molecular weight is 362 g/mol. The SMILES string of the molecule is CCCCCCCCn1c2ccccc2c2ccc(-c3cccs3)cc21. The van der Waals surface area contributed by atoms with Crippen LogP contribution in [0.1, 0.15) is 45.4 Å². The lowest BCUT2D eigenvalue weighted by molar-refractivity contribution is 0.571. The summed E-state index contributed by atoms with van der Waals surface area (Å²) in [4.78, 5) is 1.35. The van der Waals surface area contributed by atoms with E-state index in [1.54, 1.807) is 0 Å². The fraction of sp³-hybridized carbons (Fsp3) is 0.333. The lowest BCUT2D eigenvalue weighted by Crippen LogP contribution is -1.97. The van der Waals surface area contributed by atoms with Crippen molar-refractivity contribution in [1.29, 1.82) is 0 Å². The normalized spacial score (nSPS) is 11.6. The highest BCUT2D eigenvalue weighted by Crippen LogP contribution is 2.34. The summed E-state index contributed by atoms with van der Waals surface area (Å²) in [5.74, 6) is 0. The van der Waals surface area contributed by atoms with Gasteiger partial charge in [0, 0.05) is 33.2 Å². The highest BCUT2D eigenvalue weighted by atomic mass is 32.1. The van der Waals surface area contributed by atoms with Crippen molar-refractivity contribution in [3.8, 4) is 10.4 Å². The van der Waals surface area contributed by atoms with Crippen molar-refractivity contribution >= 4 is 33.1 Å². The first-order valence-electron chi connectivity index (χ1n) is 9.93. The van der Waals surface area contributed by atoms with Gasteiger partial charge in [-0.25, -0.2) is 0 Å². The lowest BCUT2D eigenvalue weighted by atomic mass is 10.1. The van der Waals surface area contributed by atoms with Crippen LogP contribution in [0.15, 0.2) is 60.0 Å². The minimum absolute atomic E-state index is 1.12. The average Bonchev–Trinajstić information content (AvgIpc) is 3.31. The van der Waals surface area contributed by atoms with Crippen LogP contribution in [-0.4, -0.2) is 4.57 Å². The van der Waals surface area contributed by atoms with E-state index in [-0.39, 0.29) is 0 Å². The van der Waals surface area contributed by atoms with Crippen LogP contribution in [0.2, 0.25) is 0 Å². The molecule has 4 aromatic rings. The molecule has 0 radical (unpaired) electrons. The number of thiophene rings is 1. The van der Waals surface area contributed by atoms with Gasteiger partial charge in [-0.2, -0.15) is 0 Å². The van der Waals surface area contributed by atoms with E-state index in [1.165, 1.54) is 70.8 Å². The number of hydrogen-bond acceptors (Lipinski definition) is 1. The molecule has 0 unspecified atom stereocenters. The van der Waals surface area contributed by atoms with Crippen LogP contribution >= 0.6 is 11.3 Å². The van der Waals surface area contributed by atoms with E-state index >= 15 is 0 Å². The van der Waals surface area contributed by atoms with Gasteiger partial charge >= 0.3 is 0 Å². The molecule has 4 rings (SSSR count). The maximum Gasteiger partial charge on any atom is 0.0497 e. The summed E-state index contributed by atoms with van der Waals surface area (Å²) in [6.07, 6.45) is 8.04. The zero-order valence-electron chi connectivity index (χ0n) is 15.6. The van der Waals surface area contributed by atoms with Gasteiger partial charge in [0.2, 0.25) is 0 Å². The van der Waals surface area contributed by atoms with Gasteiger partial charge in [-0.1, -0.05) is 75.4 Å². The zero-order valence-corrected chi connectivity index (χ0v) is 16.4. The summed E-state index contributed by atoms with van der Waals surface area (Å²) >= 11 is 1.82. The van der Waals surface area contributed by atoms with E-state index in [0.717, 1.165) is 6.54 Å². The van der Waals surface area contributed by atoms with Gasteiger partial charge in [0.25, 0.3) is 0 Å². The topological polar surface area (TPSA) is 4.93 Å². The zero-order chi connectivity index (χ0) is 17.8. The highest BCUT2D eigenvalue weighted by Gasteiger charge is 2.11. The molecule has 0 aliphatic carbocycles. The molecular weight excluding hydrogens is 334 g/mol. The second-order valence-corrected chi connectivity index (χ2v) is 8.09. The molecule has 0 saturated carbocycles. The van der Waals surface area contributed by atoms with Crippen LogP contribution in [-0.2, 0) is 6.54 Å². The van der Waals surface area contributed by atoms with Crippen LogP contribution in [0.5, 0.6) is 0 Å². The fourth-order valence-corrected chi connectivity index (χ4v) is 4.66. The number of unbranched alkanes of at least 4 members (excludes halogenated alkanes) is 5. The number of benzene rings is 2. The summed E-state index contributed by atoms with van der Waals surface area (Å²) in [5, 5.41) is 4.92. The molecule has 1 nitrogen and oxygen atoms in total. The van der Waals surface area contributed by atoms with Gasteiger partial charge in [0.1, 0.15) is 0 Å². The van der Waals surface area contributed by atoms with Crippen molar-refractivity contribution in [2.24, 2.45) is 0 Å². The molecule has 26 heavy (non-hydrogen) atoms. The van der Waals surface area contributed by atoms with Crippen LogP contribution in [0.4, 0.5) is 0 Å². The van der Waals surface area contributed by atoms with E-state index in [4.69, 9.17) is 0 Å². The Morgan fingerprint density at radius 2 is 1.58 bits per heavy atom. The third kappa shape index (κ3) is 3.43. The number of rotatable bonds is 8. The molecule has 0 fully saturated rings. The van der Waals surface area contributed by atoms with E-state index in [0.29, 0.717) is 0 Å². The predicted octanol–water partition coefficient (Wildman–Crippen LogP) is 7.88. The van der Waals surface area contributed by atoms with Crippen molar-refractivity contribution in [2.75, 3.05) is 0 Å². The minimum atomic E-state index is 1.12. The second-order valence-electron chi connectivity index (χ2n) is 7.15. The number of aryl methyl sites for hydroxylation is 1. The molecule has 0 aliphatic heterocycles. The summed E-state index contributed by atoms with van der Waals surface area (Å²) in [6.45, 7) is 3.40. The van der Waals surface area contributed by atoms with Crippen LogP contribution in [0, 0.1) is 0 Å². The predicted molar refractivity (Wildman–Crippen MR) is 116 cm³/mol. The molecule has 2 aromatic heterocycles. The Hall–Kier alpha value is -2.06. The third-order valence-electron chi connectivity index (χ3n) is 5.31. The number of aromatic nitrogens is 1. The molecule has 2 aromatic carbocycles. The largest absolute Gasteiger partial charge is 0.340 e. The third-order valence-corrected chi connectivity index (χ3v) is 6.23. The Balaban J connectivity index is 1.67. The first-order chi connectivity index (χ1) is 12.9. The number of hydrogen-bond donors (Lipinski definition) is 0. The molecule has 0 N–H and O–H groups in total. The van der Waals surface area contributed by atoms with Gasteiger partial charge in [0.15, 0.2) is 0 Å². The van der Waals surface area contributed by atoms with Crippen LogP contribution in [0.3, 0.4) is 0 Å². The Morgan fingerprint density at radius 3 is 2.42 bits per heavy atom. The van der Waals surface area contributed by atoms with Crippen LogP contribution < -0.4 is 0 Å². The molecule has 134 valence electrons. The standard InChI is InChI=1S/C24H27NS/c1-2-3-4-5-6-9-16-25-22-12-8-7-11-20(22)21-15-14-19(18-23(21)25)24-13-10-17-26-24/h7-8,10-15,17-18H,2-6,9,16H2,1H3. The van der Waals surface area contributed by atoms with E-state index in [1.807, 2.05) is 11.3 Å². The van der Waals surface area contributed by atoms with Crippen molar-refractivity contribution in [3.05, 3.63) is 60.0 Å². The van der Waals surface area contributed by atoms with Gasteiger partial charge in [-0.15, -0.1) is 11.3 Å². The molecule has 0 amide bonds. The first-order valence-corrected chi connectivity index (χ1v) is 10.8. The number of para-hydroxylation sites is 1. The van der Waals surface area contributed by atoms with E-state index in [9.17, 15) is 0 Å². The molecule has 0 spiro atoms. The van der Waals surface area contributed by atoms with E-state index in [2.05, 4.69) is 71.5 Å². The molecular formula is C24H27NS. The molecule has 0 atom stereocenters. The lowest BCUT2D eigenvalue weighted by Gasteiger charge is -2.08. The maximum absolute atomic E-state index is 2.54. The Kier molecular flexibility index (Phi) is 5.40. The van der Waals surface area contributed by atoms with Crippen LogP contribution in [0.25, 0.3) is 32.2 Å². The monoisotopic (exact) mass is 361 g/mol. The van der Waals surface area contributed by atoms with Gasteiger partial charge in [-0.05, 0) is 35.6 Å². The van der Waals surface area contributed by atoms with Crippen molar-refractivity contribution in [3.63, 3.8) is 0 Å². The smallest absolute Gasteiger partial charge is 0.0497 e. The Morgan fingerprint density at radius 1 is 0.769 bits per heavy atom. The fourth-order valence-electron chi connectivity index (χ4n) is 3.94. The van der Waals surface area contributed by atoms with Crippen molar-refractivity contribution < 1.29 is 0 Å². The second kappa shape index (κ2) is 8.09. The van der Waals surface area contributed by atoms with Gasteiger partial charge in [0.05, 0.1) is 0 Å². The van der Waals surface area contributed by atoms with Crippen molar-refractivity contribution in [2.45, 2.75) is 52.0 Å². The first kappa shape index (κ1) is 17.4. The number of nitrogens with zero attached hydrogens (tertiary/aromatic N) is 1. The highest BCUT2D eigenvalue weighted by molar-refractivity contribution is 7.13. The van der Waals surface area contributed by atoms with Crippen molar-refractivity contribution in [1.82, 2.24) is 4.57 Å². The van der Waals surface area contributed by atoms with Gasteiger partial charge in [-0.3, -0.25) is 0 Å². The molecule has 2 heteroatoms. The molecule has 2 heterocycles.